The lowest BCUT2D eigenvalue weighted by molar-refractivity contribution is 0.736. The van der Waals surface area contributed by atoms with Crippen LogP contribution in [-0.4, -0.2) is 9.78 Å². The van der Waals surface area contributed by atoms with Crippen LogP contribution in [0.3, 0.4) is 0 Å². The highest BCUT2D eigenvalue weighted by atomic mass is 15.3. The lowest BCUT2D eigenvalue weighted by Crippen LogP contribution is -2.04. The Morgan fingerprint density at radius 3 is 1.69 bits per heavy atom. The highest BCUT2D eigenvalue weighted by molar-refractivity contribution is 5.83. The van der Waals surface area contributed by atoms with Crippen molar-refractivity contribution in [1.29, 1.82) is 0 Å². The van der Waals surface area contributed by atoms with Crippen LogP contribution in [0, 0.1) is 0 Å². The second-order valence-corrected chi connectivity index (χ2v) is 6.74. The molecule has 0 N–H and O–H groups in total. The van der Waals surface area contributed by atoms with E-state index in [1.54, 1.807) is 0 Å². The molecule has 0 fully saturated rings. The molecule has 0 amide bonds. The van der Waals surface area contributed by atoms with Gasteiger partial charge in [0.25, 0.3) is 0 Å². The Morgan fingerprint density at radius 1 is 0.654 bits per heavy atom. The van der Waals surface area contributed by atoms with E-state index < -0.39 is 0 Å². The molecule has 0 radical (unpaired) electrons. The molecule has 4 aromatic rings. The smallest absolute Gasteiger partial charge is 0.101 e. The molecule has 4 rings (SSSR count). The third kappa shape index (κ3) is 2.95. The maximum Gasteiger partial charge on any atom is 0.101 e. The Hall–Kier alpha value is -3.13. The lowest BCUT2D eigenvalue weighted by atomic mass is 9.94. The topological polar surface area (TPSA) is 17.8 Å². The van der Waals surface area contributed by atoms with Gasteiger partial charge in [0.2, 0.25) is 0 Å². The van der Waals surface area contributed by atoms with E-state index in [4.69, 9.17) is 5.10 Å². The van der Waals surface area contributed by atoms with Crippen molar-refractivity contribution < 1.29 is 0 Å². The largest absolute Gasteiger partial charge is 0.236 e. The van der Waals surface area contributed by atoms with Crippen molar-refractivity contribution in [3.8, 4) is 28.1 Å². The van der Waals surface area contributed by atoms with E-state index in [1.807, 2.05) is 12.1 Å². The number of hydrogen-bond acceptors (Lipinski definition) is 1. The van der Waals surface area contributed by atoms with Crippen molar-refractivity contribution in [1.82, 2.24) is 9.78 Å². The summed E-state index contributed by atoms with van der Waals surface area (Å²) in [5, 5.41) is 5.06. The van der Waals surface area contributed by atoms with Gasteiger partial charge in [0.1, 0.15) is 5.69 Å². The Bertz CT molecular complexity index is 985. The molecule has 0 unspecified atom stereocenters. The molecule has 0 bridgehead atoms. The lowest BCUT2D eigenvalue weighted by Gasteiger charge is -2.13. The summed E-state index contributed by atoms with van der Waals surface area (Å²) in [5.41, 5.74) is 6.93. The monoisotopic (exact) mass is 338 g/mol. The molecular formula is C24H22N2. The molecule has 0 aliphatic carbocycles. The summed E-state index contributed by atoms with van der Waals surface area (Å²) in [7, 11) is 0. The third-order valence-corrected chi connectivity index (χ3v) is 4.58. The minimum atomic E-state index is 0.343. The molecule has 0 atom stereocenters. The van der Waals surface area contributed by atoms with Crippen LogP contribution >= 0.6 is 0 Å². The van der Waals surface area contributed by atoms with Crippen LogP contribution in [0.25, 0.3) is 28.1 Å². The van der Waals surface area contributed by atoms with Gasteiger partial charge in [-0.25, -0.2) is 4.68 Å². The Morgan fingerprint density at radius 2 is 1.15 bits per heavy atom. The fraction of sp³-hybridized carbons (Fsp3) is 0.125. The van der Waals surface area contributed by atoms with Crippen molar-refractivity contribution in [3.63, 3.8) is 0 Å². The SMILES string of the molecule is CC(C)c1c(-c2ccccc2)c(-c2ccccc2)nn1-c1ccccc1. The average Bonchev–Trinajstić information content (AvgIpc) is 3.11. The predicted molar refractivity (Wildman–Crippen MR) is 109 cm³/mol. The molecular weight excluding hydrogens is 316 g/mol. The third-order valence-electron chi connectivity index (χ3n) is 4.58. The first kappa shape index (κ1) is 16.3. The average molecular weight is 338 g/mol. The number of benzene rings is 3. The second kappa shape index (κ2) is 7.01. The first-order chi connectivity index (χ1) is 12.8. The van der Waals surface area contributed by atoms with Crippen molar-refractivity contribution in [2.24, 2.45) is 0 Å². The van der Waals surface area contributed by atoms with Gasteiger partial charge in [-0.3, -0.25) is 0 Å². The molecule has 1 heterocycles. The Labute approximate surface area is 154 Å². The Balaban J connectivity index is 2.05. The standard InChI is InChI=1S/C24H22N2/c1-18(2)24-22(19-12-6-3-7-13-19)23(20-14-8-4-9-15-20)25-26(24)21-16-10-5-11-17-21/h3-18H,1-2H3. The van der Waals surface area contributed by atoms with Gasteiger partial charge in [0, 0.05) is 11.1 Å². The van der Waals surface area contributed by atoms with E-state index in [0.29, 0.717) is 5.92 Å². The van der Waals surface area contributed by atoms with Gasteiger partial charge >= 0.3 is 0 Å². The highest BCUT2D eigenvalue weighted by Gasteiger charge is 2.23. The minimum absolute atomic E-state index is 0.343. The second-order valence-electron chi connectivity index (χ2n) is 6.74. The van der Waals surface area contributed by atoms with E-state index >= 15 is 0 Å². The van der Waals surface area contributed by atoms with Gasteiger partial charge in [-0.05, 0) is 23.6 Å². The molecule has 0 aliphatic heterocycles. The van der Waals surface area contributed by atoms with Crippen LogP contribution in [0.4, 0.5) is 0 Å². The van der Waals surface area contributed by atoms with Gasteiger partial charge in [0.05, 0.1) is 11.4 Å². The highest BCUT2D eigenvalue weighted by Crippen LogP contribution is 2.39. The number of para-hydroxylation sites is 1. The predicted octanol–water partition coefficient (Wildman–Crippen LogP) is 6.33. The summed E-state index contributed by atoms with van der Waals surface area (Å²) in [6, 6.07) is 31.4. The van der Waals surface area contributed by atoms with E-state index in [9.17, 15) is 0 Å². The van der Waals surface area contributed by atoms with Crippen molar-refractivity contribution in [2.75, 3.05) is 0 Å². The summed E-state index contributed by atoms with van der Waals surface area (Å²) >= 11 is 0. The first-order valence-corrected chi connectivity index (χ1v) is 9.05. The number of rotatable bonds is 4. The summed E-state index contributed by atoms with van der Waals surface area (Å²) in [6.07, 6.45) is 0. The van der Waals surface area contributed by atoms with Gasteiger partial charge in [-0.2, -0.15) is 5.10 Å². The van der Waals surface area contributed by atoms with Gasteiger partial charge < -0.3 is 0 Å². The maximum atomic E-state index is 5.06. The van der Waals surface area contributed by atoms with Crippen molar-refractivity contribution in [2.45, 2.75) is 19.8 Å². The Kier molecular flexibility index (Phi) is 4.40. The minimum Gasteiger partial charge on any atom is -0.236 e. The summed E-state index contributed by atoms with van der Waals surface area (Å²) in [5.74, 6) is 0.343. The molecule has 0 saturated carbocycles. The van der Waals surface area contributed by atoms with Crippen LogP contribution in [0.15, 0.2) is 91.0 Å². The van der Waals surface area contributed by atoms with E-state index in [0.717, 1.165) is 16.9 Å². The van der Waals surface area contributed by atoms with E-state index in [1.165, 1.54) is 16.8 Å². The number of aromatic nitrogens is 2. The zero-order chi connectivity index (χ0) is 17.9. The fourth-order valence-electron chi connectivity index (χ4n) is 3.42. The van der Waals surface area contributed by atoms with Crippen LogP contribution < -0.4 is 0 Å². The van der Waals surface area contributed by atoms with Crippen molar-refractivity contribution >= 4 is 0 Å². The van der Waals surface area contributed by atoms with Gasteiger partial charge in [0.15, 0.2) is 0 Å². The number of nitrogens with zero attached hydrogens (tertiary/aromatic N) is 2. The van der Waals surface area contributed by atoms with E-state index in [-0.39, 0.29) is 0 Å². The maximum absolute atomic E-state index is 5.06. The zero-order valence-electron chi connectivity index (χ0n) is 15.1. The molecule has 0 spiro atoms. The molecule has 2 heteroatoms. The summed E-state index contributed by atoms with van der Waals surface area (Å²) in [4.78, 5) is 0. The van der Waals surface area contributed by atoms with Crippen LogP contribution in [0.5, 0.6) is 0 Å². The van der Waals surface area contributed by atoms with Crippen LogP contribution in [-0.2, 0) is 0 Å². The van der Waals surface area contributed by atoms with Gasteiger partial charge in [-0.1, -0.05) is 92.7 Å². The van der Waals surface area contributed by atoms with Crippen molar-refractivity contribution in [3.05, 3.63) is 96.7 Å². The summed E-state index contributed by atoms with van der Waals surface area (Å²) < 4.78 is 2.11. The zero-order valence-corrected chi connectivity index (χ0v) is 15.1. The molecule has 26 heavy (non-hydrogen) atoms. The normalized spacial score (nSPS) is 11.0. The van der Waals surface area contributed by atoms with Gasteiger partial charge in [-0.15, -0.1) is 0 Å². The fourth-order valence-corrected chi connectivity index (χ4v) is 3.42. The molecule has 3 aromatic carbocycles. The van der Waals surface area contributed by atoms with Crippen LogP contribution in [0.1, 0.15) is 25.5 Å². The van der Waals surface area contributed by atoms with E-state index in [2.05, 4.69) is 97.4 Å². The molecule has 0 saturated heterocycles. The number of hydrogen-bond donors (Lipinski definition) is 0. The van der Waals surface area contributed by atoms with Crippen LogP contribution in [0.2, 0.25) is 0 Å². The quantitative estimate of drug-likeness (QED) is 0.425. The summed E-state index contributed by atoms with van der Waals surface area (Å²) in [6.45, 7) is 4.47. The molecule has 0 aliphatic rings. The molecule has 128 valence electrons. The molecule has 2 nitrogen and oxygen atoms in total. The molecule has 1 aromatic heterocycles. The first-order valence-electron chi connectivity index (χ1n) is 9.05.